The number of nitrogens with zero attached hydrogens (tertiary/aromatic N) is 2. The highest BCUT2D eigenvalue weighted by atomic mass is 16.1. The van der Waals surface area contributed by atoms with E-state index in [1.54, 1.807) is 36.5 Å². The molecule has 5 heteroatoms. The number of para-hydroxylation sites is 1. The molecule has 0 unspecified atom stereocenters. The molecule has 2 aromatic carbocycles. The van der Waals surface area contributed by atoms with Gasteiger partial charge in [-0.05, 0) is 61.4 Å². The van der Waals surface area contributed by atoms with Gasteiger partial charge in [-0.3, -0.25) is 9.59 Å². The Morgan fingerprint density at radius 2 is 1.70 bits per heavy atom. The molecule has 2 heterocycles. The molecule has 0 aliphatic carbocycles. The number of carbonyl (C=O) groups is 2. The molecule has 27 heavy (non-hydrogen) atoms. The SMILES string of the molecule is CC(=O)c1ccc(NC(=O)c2ccc(N3CCc4ccccc43)nc2)cc1. The van der Waals surface area contributed by atoms with E-state index in [0.29, 0.717) is 16.8 Å². The van der Waals surface area contributed by atoms with Crippen molar-refractivity contribution in [1.82, 2.24) is 4.98 Å². The Hall–Kier alpha value is -3.47. The zero-order valence-corrected chi connectivity index (χ0v) is 15.0. The normalized spacial score (nSPS) is 12.6. The number of benzene rings is 2. The molecule has 0 spiro atoms. The van der Waals surface area contributed by atoms with Crippen molar-refractivity contribution in [3.05, 3.63) is 83.6 Å². The molecule has 4 rings (SSSR count). The van der Waals surface area contributed by atoms with Gasteiger partial charge in [0, 0.05) is 29.7 Å². The Morgan fingerprint density at radius 1 is 0.963 bits per heavy atom. The number of ketones is 1. The molecule has 0 saturated carbocycles. The van der Waals surface area contributed by atoms with E-state index in [1.807, 2.05) is 18.2 Å². The summed E-state index contributed by atoms with van der Waals surface area (Å²) in [7, 11) is 0. The Bertz CT molecular complexity index is 995. The molecule has 0 atom stereocenters. The van der Waals surface area contributed by atoms with Crippen molar-refractivity contribution in [2.75, 3.05) is 16.8 Å². The van der Waals surface area contributed by atoms with Crippen LogP contribution in [0.5, 0.6) is 0 Å². The van der Waals surface area contributed by atoms with Crippen LogP contribution in [0.1, 0.15) is 33.2 Å². The largest absolute Gasteiger partial charge is 0.326 e. The monoisotopic (exact) mass is 357 g/mol. The van der Waals surface area contributed by atoms with Gasteiger partial charge in [-0.2, -0.15) is 0 Å². The number of hydrogen-bond donors (Lipinski definition) is 1. The van der Waals surface area contributed by atoms with Crippen LogP contribution in [-0.2, 0) is 6.42 Å². The number of amides is 1. The van der Waals surface area contributed by atoms with Gasteiger partial charge in [0.15, 0.2) is 5.78 Å². The zero-order chi connectivity index (χ0) is 18.8. The van der Waals surface area contributed by atoms with Crippen LogP contribution in [0.25, 0.3) is 0 Å². The second-order valence-corrected chi connectivity index (χ2v) is 6.52. The topological polar surface area (TPSA) is 62.3 Å². The van der Waals surface area contributed by atoms with Crippen LogP contribution in [0, 0.1) is 0 Å². The summed E-state index contributed by atoms with van der Waals surface area (Å²) in [6.45, 7) is 2.40. The molecule has 1 aliphatic rings. The highest BCUT2D eigenvalue weighted by Crippen LogP contribution is 2.33. The fourth-order valence-electron chi connectivity index (χ4n) is 3.25. The van der Waals surface area contributed by atoms with Gasteiger partial charge in [-0.1, -0.05) is 18.2 Å². The molecule has 1 amide bonds. The summed E-state index contributed by atoms with van der Waals surface area (Å²) in [4.78, 5) is 30.4. The van der Waals surface area contributed by atoms with E-state index in [-0.39, 0.29) is 11.7 Å². The van der Waals surface area contributed by atoms with Crippen molar-refractivity contribution >= 4 is 28.9 Å². The number of Topliss-reactive ketones (excluding diaryl/α,β-unsaturated/α-hetero) is 1. The maximum absolute atomic E-state index is 12.4. The van der Waals surface area contributed by atoms with Crippen LogP contribution in [0.15, 0.2) is 66.9 Å². The molecular weight excluding hydrogens is 338 g/mol. The Balaban J connectivity index is 1.47. The first-order valence-electron chi connectivity index (χ1n) is 8.86. The molecule has 1 N–H and O–H groups in total. The average Bonchev–Trinajstić information content (AvgIpc) is 3.12. The Kier molecular flexibility index (Phi) is 4.42. The first-order valence-corrected chi connectivity index (χ1v) is 8.86. The third-order valence-corrected chi connectivity index (χ3v) is 4.72. The molecule has 3 aromatic rings. The van der Waals surface area contributed by atoms with E-state index in [2.05, 4.69) is 27.3 Å². The zero-order valence-electron chi connectivity index (χ0n) is 15.0. The molecule has 134 valence electrons. The lowest BCUT2D eigenvalue weighted by molar-refractivity contribution is 0.101. The summed E-state index contributed by atoms with van der Waals surface area (Å²) in [5.41, 5.74) is 4.23. The number of hydrogen-bond acceptors (Lipinski definition) is 4. The minimum Gasteiger partial charge on any atom is -0.326 e. The maximum Gasteiger partial charge on any atom is 0.257 e. The molecule has 1 aromatic heterocycles. The standard InChI is InChI=1S/C22H19N3O2/c1-15(26)16-6-9-19(10-7-16)24-22(27)18-8-11-21(23-14-18)25-13-12-17-4-2-3-5-20(17)25/h2-11,14H,12-13H2,1H3,(H,24,27). The predicted octanol–water partition coefficient (Wildman–Crippen LogP) is 4.23. The summed E-state index contributed by atoms with van der Waals surface area (Å²) >= 11 is 0. The van der Waals surface area contributed by atoms with Crippen LogP contribution < -0.4 is 10.2 Å². The minimum atomic E-state index is -0.230. The fourth-order valence-corrected chi connectivity index (χ4v) is 3.25. The summed E-state index contributed by atoms with van der Waals surface area (Å²) in [6, 6.07) is 18.8. The second-order valence-electron chi connectivity index (χ2n) is 6.52. The van der Waals surface area contributed by atoms with Crippen LogP contribution >= 0.6 is 0 Å². The van der Waals surface area contributed by atoms with Crippen molar-refractivity contribution in [3.8, 4) is 0 Å². The van der Waals surface area contributed by atoms with Gasteiger partial charge in [0.2, 0.25) is 0 Å². The summed E-state index contributed by atoms with van der Waals surface area (Å²) in [5.74, 6) is 0.602. The number of anilines is 3. The van der Waals surface area contributed by atoms with Crippen molar-refractivity contribution in [3.63, 3.8) is 0 Å². The van der Waals surface area contributed by atoms with E-state index in [9.17, 15) is 9.59 Å². The number of nitrogens with one attached hydrogen (secondary N) is 1. The number of rotatable bonds is 4. The quantitative estimate of drug-likeness (QED) is 0.710. The first kappa shape index (κ1) is 17.0. The van der Waals surface area contributed by atoms with E-state index in [1.165, 1.54) is 18.2 Å². The van der Waals surface area contributed by atoms with Gasteiger partial charge < -0.3 is 10.2 Å². The second kappa shape index (κ2) is 7.03. The lowest BCUT2D eigenvalue weighted by Crippen LogP contribution is -2.16. The smallest absolute Gasteiger partial charge is 0.257 e. The number of aromatic nitrogens is 1. The van der Waals surface area contributed by atoms with Crippen LogP contribution in [0.3, 0.4) is 0 Å². The number of carbonyl (C=O) groups excluding carboxylic acids is 2. The predicted molar refractivity (Wildman–Crippen MR) is 106 cm³/mol. The number of pyridine rings is 1. The summed E-state index contributed by atoms with van der Waals surface area (Å²) in [6.07, 6.45) is 2.59. The first-order chi connectivity index (χ1) is 13.1. The van der Waals surface area contributed by atoms with E-state index in [4.69, 9.17) is 0 Å². The van der Waals surface area contributed by atoms with Crippen molar-refractivity contribution in [2.24, 2.45) is 0 Å². The average molecular weight is 357 g/mol. The van der Waals surface area contributed by atoms with Crippen LogP contribution in [-0.4, -0.2) is 23.2 Å². The third-order valence-electron chi connectivity index (χ3n) is 4.72. The van der Waals surface area contributed by atoms with E-state index >= 15 is 0 Å². The molecular formula is C22H19N3O2. The van der Waals surface area contributed by atoms with Gasteiger partial charge in [0.25, 0.3) is 5.91 Å². The third kappa shape index (κ3) is 3.44. The fraction of sp³-hybridized carbons (Fsp3) is 0.136. The minimum absolute atomic E-state index is 0.00356. The molecule has 0 fully saturated rings. The highest BCUT2D eigenvalue weighted by Gasteiger charge is 2.20. The molecule has 0 bridgehead atoms. The van der Waals surface area contributed by atoms with E-state index in [0.717, 1.165) is 18.8 Å². The van der Waals surface area contributed by atoms with E-state index < -0.39 is 0 Å². The summed E-state index contributed by atoms with van der Waals surface area (Å²) < 4.78 is 0. The van der Waals surface area contributed by atoms with Crippen LogP contribution in [0.2, 0.25) is 0 Å². The van der Waals surface area contributed by atoms with Gasteiger partial charge in [0.1, 0.15) is 5.82 Å². The van der Waals surface area contributed by atoms with Gasteiger partial charge in [0.05, 0.1) is 5.56 Å². The molecule has 0 radical (unpaired) electrons. The van der Waals surface area contributed by atoms with Gasteiger partial charge in [-0.25, -0.2) is 4.98 Å². The van der Waals surface area contributed by atoms with Gasteiger partial charge in [-0.15, -0.1) is 0 Å². The van der Waals surface area contributed by atoms with Crippen molar-refractivity contribution in [1.29, 1.82) is 0 Å². The Labute approximate surface area is 157 Å². The van der Waals surface area contributed by atoms with Crippen molar-refractivity contribution < 1.29 is 9.59 Å². The molecule has 5 nitrogen and oxygen atoms in total. The highest BCUT2D eigenvalue weighted by molar-refractivity contribution is 6.04. The molecule has 0 saturated heterocycles. The molecule has 1 aliphatic heterocycles. The van der Waals surface area contributed by atoms with Crippen LogP contribution in [0.4, 0.5) is 17.2 Å². The summed E-state index contributed by atoms with van der Waals surface area (Å²) in [5, 5.41) is 2.83. The Morgan fingerprint density at radius 3 is 2.41 bits per heavy atom. The lowest BCUT2D eigenvalue weighted by atomic mass is 10.1. The van der Waals surface area contributed by atoms with Gasteiger partial charge >= 0.3 is 0 Å². The lowest BCUT2D eigenvalue weighted by Gasteiger charge is -2.18. The van der Waals surface area contributed by atoms with Crippen molar-refractivity contribution in [2.45, 2.75) is 13.3 Å². The maximum atomic E-state index is 12.4. The number of fused-ring (bicyclic) bond motifs is 1.